The molecule has 1 aromatic rings. The predicted octanol–water partition coefficient (Wildman–Crippen LogP) is 1.43. The molecule has 0 bridgehead atoms. The average Bonchev–Trinajstić information content (AvgIpc) is 2.80. The highest BCUT2D eigenvalue weighted by molar-refractivity contribution is 5.92. The highest BCUT2D eigenvalue weighted by Gasteiger charge is 2.26. The zero-order chi connectivity index (χ0) is 13.8. The molecule has 2 rings (SSSR count). The fourth-order valence-electron chi connectivity index (χ4n) is 2.37. The van der Waals surface area contributed by atoms with Gasteiger partial charge in [-0.1, -0.05) is 0 Å². The molecule has 5 heteroatoms. The van der Waals surface area contributed by atoms with Gasteiger partial charge in [0.05, 0.1) is 6.54 Å². The molecule has 1 aliphatic rings. The van der Waals surface area contributed by atoms with Gasteiger partial charge in [-0.15, -0.1) is 0 Å². The number of carbonyl (C=O) groups excluding carboxylic acids is 1. The molecule has 1 fully saturated rings. The van der Waals surface area contributed by atoms with Crippen molar-refractivity contribution >= 4 is 11.6 Å². The molecule has 4 nitrogen and oxygen atoms in total. The number of nitrogens with two attached hydrogens (primary N) is 1. The Hall–Kier alpha value is -1.46. The Morgan fingerprint density at radius 2 is 2.21 bits per heavy atom. The van der Waals surface area contributed by atoms with Crippen molar-refractivity contribution in [3.8, 4) is 0 Å². The third-order valence-corrected chi connectivity index (χ3v) is 3.55. The van der Waals surface area contributed by atoms with Crippen LogP contribution in [0.5, 0.6) is 0 Å². The standard InChI is InChI=1S/C14H20FN3O/c1-10(16)11-6-7-18(8-11)9-14(19)17-13-4-2-12(15)3-5-13/h2-5,10-11H,6-9,16H2,1H3,(H,17,19). The quantitative estimate of drug-likeness (QED) is 0.866. The van der Waals surface area contributed by atoms with E-state index in [1.807, 2.05) is 6.92 Å². The van der Waals surface area contributed by atoms with Crippen LogP contribution in [0, 0.1) is 11.7 Å². The number of rotatable bonds is 4. The number of hydrogen-bond acceptors (Lipinski definition) is 3. The first-order valence-corrected chi connectivity index (χ1v) is 6.58. The molecule has 0 aliphatic carbocycles. The lowest BCUT2D eigenvalue weighted by atomic mass is 10.0. The maximum absolute atomic E-state index is 12.7. The van der Waals surface area contributed by atoms with Crippen LogP contribution in [0.1, 0.15) is 13.3 Å². The van der Waals surface area contributed by atoms with E-state index in [1.54, 1.807) is 12.1 Å². The number of halogens is 1. The zero-order valence-electron chi connectivity index (χ0n) is 11.1. The molecule has 0 radical (unpaired) electrons. The van der Waals surface area contributed by atoms with E-state index in [1.165, 1.54) is 12.1 Å². The Labute approximate surface area is 112 Å². The number of hydrogen-bond donors (Lipinski definition) is 2. The molecular formula is C14H20FN3O. The fourth-order valence-corrected chi connectivity index (χ4v) is 2.37. The summed E-state index contributed by atoms with van der Waals surface area (Å²) in [5.41, 5.74) is 6.49. The molecule has 3 N–H and O–H groups in total. The normalized spacial score (nSPS) is 21.3. The van der Waals surface area contributed by atoms with Crippen molar-refractivity contribution in [1.82, 2.24) is 4.90 Å². The smallest absolute Gasteiger partial charge is 0.238 e. The van der Waals surface area contributed by atoms with Crippen molar-refractivity contribution in [3.05, 3.63) is 30.1 Å². The highest BCUT2D eigenvalue weighted by Crippen LogP contribution is 2.18. The van der Waals surface area contributed by atoms with Gasteiger partial charge in [0.2, 0.25) is 5.91 Å². The fraction of sp³-hybridized carbons (Fsp3) is 0.500. The second kappa shape index (κ2) is 6.12. The van der Waals surface area contributed by atoms with E-state index in [2.05, 4.69) is 10.2 Å². The molecule has 1 aromatic carbocycles. The maximum atomic E-state index is 12.7. The number of nitrogens with one attached hydrogen (secondary N) is 1. The van der Waals surface area contributed by atoms with Gasteiger partial charge in [0, 0.05) is 18.3 Å². The van der Waals surface area contributed by atoms with Gasteiger partial charge >= 0.3 is 0 Å². The minimum atomic E-state index is -0.308. The van der Waals surface area contributed by atoms with Crippen LogP contribution in [0.4, 0.5) is 10.1 Å². The Morgan fingerprint density at radius 3 is 2.79 bits per heavy atom. The monoisotopic (exact) mass is 265 g/mol. The number of carbonyl (C=O) groups is 1. The highest BCUT2D eigenvalue weighted by atomic mass is 19.1. The molecular weight excluding hydrogens is 245 g/mol. The van der Waals surface area contributed by atoms with Gasteiger partial charge in [-0.05, 0) is 50.1 Å². The van der Waals surface area contributed by atoms with E-state index in [4.69, 9.17) is 5.73 Å². The summed E-state index contributed by atoms with van der Waals surface area (Å²) in [5.74, 6) is 0.0906. The predicted molar refractivity (Wildman–Crippen MR) is 73.2 cm³/mol. The zero-order valence-corrected chi connectivity index (χ0v) is 11.1. The molecule has 2 unspecified atom stereocenters. The van der Waals surface area contributed by atoms with Gasteiger partial charge in [-0.25, -0.2) is 4.39 Å². The lowest BCUT2D eigenvalue weighted by Gasteiger charge is -2.17. The largest absolute Gasteiger partial charge is 0.328 e. The van der Waals surface area contributed by atoms with Crippen LogP contribution >= 0.6 is 0 Å². The van der Waals surface area contributed by atoms with Gasteiger partial charge in [-0.2, -0.15) is 0 Å². The van der Waals surface area contributed by atoms with E-state index in [0.29, 0.717) is 18.2 Å². The summed E-state index contributed by atoms with van der Waals surface area (Å²) in [6, 6.07) is 5.95. The van der Waals surface area contributed by atoms with Crippen molar-refractivity contribution in [1.29, 1.82) is 0 Å². The second-order valence-corrected chi connectivity index (χ2v) is 5.20. The van der Waals surface area contributed by atoms with Gasteiger partial charge in [0.15, 0.2) is 0 Å². The number of amides is 1. The number of benzene rings is 1. The number of nitrogens with zero attached hydrogens (tertiary/aromatic N) is 1. The first-order valence-electron chi connectivity index (χ1n) is 6.58. The molecule has 1 amide bonds. The van der Waals surface area contributed by atoms with E-state index < -0.39 is 0 Å². The average molecular weight is 265 g/mol. The van der Waals surface area contributed by atoms with Gasteiger partial charge < -0.3 is 11.1 Å². The summed E-state index contributed by atoms with van der Waals surface area (Å²) in [5, 5.41) is 2.76. The Morgan fingerprint density at radius 1 is 1.53 bits per heavy atom. The first-order chi connectivity index (χ1) is 9.04. The summed E-state index contributed by atoms with van der Waals surface area (Å²) in [7, 11) is 0. The van der Waals surface area contributed by atoms with Gasteiger partial charge in [0.1, 0.15) is 5.82 Å². The van der Waals surface area contributed by atoms with Crippen molar-refractivity contribution in [2.45, 2.75) is 19.4 Å². The lowest BCUT2D eigenvalue weighted by molar-refractivity contribution is -0.117. The second-order valence-electron chi connectivity index (χ2n) is 5.20. The molecule has 1 saturated heterocycles. The summed E-state index contributed by atoms with van der Waals surface area (Å²) < 4.78 is 12.7. The third-order valence-electron chi connectivity index (χ3n) is 3.55. The van der Waals surface area contributed by atoms with Crippen molar-refractivity contribution in [3.63, 3.8) is 0 Å². The van der Waals surface area contributed by atoms with Gasteiger partial charge in [-0.3, -0.25) is 9.69 Å². The minimum absolute atomic E-state index is 0.0723. The maximum Gasteiger partial charge on any atom is 0.238 e. The van der Waals surface area contributed by atoms with Crippen LogP contribution in [-0.4, -0.2) is 36.5 Å². The van der Waals surface area contributed by atoms with E-state index in [0.717, 1.165) is 19.5 Å². The molecule has 0 saturated carbocycles. The van der Waals surface area contributed by atoms with Crippen LogP contribution in [0.15, 0.2) is 24.3 Å². The van der Waals surface area contributed by atoms with Crippen LogP contribution in [0.3, 0.4) is 0 Å². The van der Waals surface area contributed by atoms with Crippen LogP contribution in [0.2, 0.25) is 0 Å². The molecule has 1 aliphatic heterocycles. The Bertz CT molecular complexity index is 433. The SMILES string of the molecule is CC(N)C1CCN(CC(=O)Nc2ccc(F)cc2)C1. The lowest BCUT2D eigenvalue weighted by Crippen LogP contribution is -2.34. The van der Waals surface area contributed by atoms with Crippen LogP contribution in [0.25, 0.3) is 0 Å². The minimum Gasteiger partial charge on any atom is -0.328 e. The topological polar surface area (TPSA) is 58.4 Å². The van der Waals surface area contributed by atoms with Crippen molar-refractivity contribution in [2.24, 2.45) is 11.7 Å². The summed E-state index contributed by atoms with van der Waals surface area (Å²) >= 11 is 0. The van der Waals surface area contributed by atoms with Crippen LogP contribution in [-0.2, 0) is 4.79 Å². The van der Waals surface area contributed by atoms with E-state index in [9.17, 15) is 9.18 Å². The molecule has 0 aromatic heterocycles. The van der Waals surface area contributed by atoms with E-state index in [-0.39, 0.29) is 17.8 Å². The summed E-state index contributed by atoms with van der Waals surface area (Å²) in [4.78, 5) is 14.0. The first kappa shape index (κ1) is 14.0. The van der Waals surface area contributed by atoms with Crippen LogP contribution < -0.4 is 11.1 Å². The summed E-state index contributed by atoms with van der Waals surface area (Å²) in [6.45, 7) is 4.14. The molecule has 0 spiro atoms. The number of likely N-dealkylation sites (tertiary alicyclic amines) is 1. The van der Waals surface area contributed by atoms with Gasteiger partial charge in [0.25, 0.3) is 0 Å². The summed E-state index contributed by atoms with van der Waals surface area (Å²) in [6.07, 6.45) is 1.04. The van der Waals surface area contributed by atoms with Crippen molar-refractivity contribution in [2.75, 3.05) is 25.0 Å². The van der Waals surface area contributed by atoms with E-state index >= 15 is 0 Å². The molecule has 19 heavy (non-hydrogen) atoms. The number of anilines is 1. The molecule has 1 heterocycles. The molecule has 2 atom stereocenters. The molecule has 104 valence electrons. The Balaban J connectivity index is 1.80. The third kappa shape index (κ3) is 4.01. The van der Waals surface area contributed by atoms with Crippen molar-refractivity contribution < 1.29 is 9.18 Å². The Kier molecular flexibility index (Phi) is 4.50.